The van der Waals surface area contributed by atoms with Crippen LogP contribution in [0.4, 0.5) is 0 Å². The van der Waals surface area contributed by atoms with Crippen molar-refractivity contribution in [1.29, 1.82) is 0 Å². The molecule has 15 heavy (non-hydrogen) atoms. The molecule has 3 nitrogen and oxygen atoms in total. The number of aliphatic hydroxyl groups is 1. The van der Waals surface area contributed by atoms with E-state index < -0.39 is 5.60 Å². The van der Waals surface area contributed by atoms with Gasteiger partial charge < -0.3 is 15.1 Å². The molecule has 1 fully saturated rings. The number of hydrogen-bond donors (Lipinski definition) is 2. The van der Waals surface area contributed by atoms with Crippen molar-refractivity contribution >= 4 is 0 Å². The first kappa shape index (κ1) is 10.5. The minimum absolute atomic E-state index is 0.242. The van der Waals surface area contributed by atoms with Gasteiger partial charge in [0.15, 0.2) is 0 Å². The fraction of sp³-hybridized carbons (Fsp3) is 0.500. The minimum atomic E-state index is -0.749. The Morgan fingerprint density at radius 1 is 1.27 bits per heavy atom. The van der Waals surface area contributed by atoms with Crippen LogP contribution in [0.15, 0.2) is 24.3 Å². The van der Waals surface area contributed by atoms with Crippen molar-refractivity contribution in [2.24, 2.45) is 0 Å². The molecule has 1 atom stereocenters. The fourth-order valence-corrected chi connectivity index (χ4v) is 2.25. The van der Waals surface area contributed by atoms with Crippen LogP contribution in [0.1, 0.15) is 18.4 Å². The molecule has 0 spiro atoms. The number of nitrogens with zero attached hydrogens (tertiary/aromatic N) is 1. The van der Waals surface area contributed by atoms with Gasteiger partial charge in [0.25, 0.3) is 0 Å². The number of phenolic OH excluding ortho intramolecular Hbond substituents is 1. The quantitative estimate of drug-likeness (QED) is 0.729. The lowest BCUT2D eigenvalue weighted by Gasteiger charge is -2.37. The van der Waals surface area contributed by atoms with E-state index >= 15 is 0 Å². The van der Waals surface area contributed by atoms with Gasteiger partial charge in [-0.05, 0) is 44.1 Å². The number of aromatic hydroxyl groups is 1. The number of phenols is 1. The summed E-state index contributed by atoms with van der Waals surface area (Å²) in [5, 5.41) is 19.7. The summed E-state index contributed by atoms with van der Waals surface area (Å²) in [6.07, 6.45) is 1.80. The molecule has 1 aromatic rings. The molecule has 0 aliphatic carbocycles. The van der Waals surface area contributed by atoms with Crippen LogP contribution < -0.4 is 0 Å². The summed E-state index contributed by atoms with van der Waals surface area (Å²) < 4.78 is 0. The van der Waals surface area contributed by atoms with Gasteiger partial charge in [-0.3, -0.25) is 0 Å². The van der Waals surface area contributed by atoms with E-state index in [1.165, 1.54) is 0 Å². The molecule has 0 saturated carbocycles. The molecule has 1 unspecified atom stereocenters. The summed E-state index contributed by atoms with van der Waals surface area (Å²) in [5.74, 6) is 0.242. The predicted molar refractivity (Wildman–Crippen MR) is 58.7 cm³/mol. The topological polar surface area (TPSA) is 43.7 Å². The van der Waals surface area contributed by atoms with Gasteiger partial charge in [0.05, 0.1) is 0 Å². The fourth-order valence-electron chi connectivity index (χ4n) is 2.25. The van der Waals surface area contributed by atoms with Crippen molar-refractivity contribution in [2.45, 2.75) is 18.4 Å². The average molecular weight is 207 g/mol. The maximum Gasteiger partial charge on any atom is 0.115 e. The largest absolute Gasteiger partial charge is 0.508 e. The minimum Gasteiger partial charge on any atom is -0.508 e. The number of benzene rings is 1. The van der Waals surface area contributed by atoms with E-state index in [-0.39, 0.29) is 5.75 Å². The van der Waals surface area contributed by atoms with E-state index in [9.17, 15) is 10.2 Å². The van der Waals surface area contributed by atoms with E-state index in [0.29, 0.717) is 6.54 Å². The Morgan fingerprint density at radius 3 is 2.53 bits per heavy atom. The van der Waals surface area contributed by atoms with Crippen LogP contribution in [-0.2, 0) is 5.60 Å². The molecule has 1 heterocycles. The molecular formula is C12H17NO2. The monoisotopic (exact) mass is 207 g/mol. The van der Waals surface area contributed by atoms with Crippen LogP contribution in [0.3, 0.4) is 0 Å². The highest BCUT2D eigenvalue weighted by atomic mass is 16.3. The predicted octanol–water partition coefficient (Wildman–Crippen LogP) is 1.31. The van der Waals surface area contributed by atoms with Gasteiger partial charge >= 0.3 is 0 Å². The third-order valence-electron chi connectivity index (χ3n) is 3.07. The second-order valence-electron chi connectivity index (χ2n) is 4.42. The highest BCUT2D eigenvalue weighted by Crippen LogP contribution is 2.31. The lowest BCUT2D eigenvalue weighted by atomic mass is 9.86. The average Bonchev–Trinajstić information content (AvgIpc) is 2.18. The summed E-state index contributed by atoms with van der Waals surface area (Å²) in [5.41, 5.74) is 0.146. The lowest BCUT2D eigenvalue weighted by molar-refractivity contribution is -0.0277. The molecule has 0 aromatic heterocycles. The van der Waals surface area contributed by atoms with Gasteiger partial charge in [0.2, 0.25) is 0 Å². The third kappa shape index (κ3) is 2.13. The Labute approximate surface area is 90.0 Å². The molecule has 0 radical (unpaired) electrons. The molecule has 3 heteroatoms. The smallest absolute Gasteiger partial charge is 0.115 e. The maximum atomic E-state index is 10.5. The maximum absolute atomic E-state index is 10.5. The van der Waals surface area contributed by atoms with E-state index in [4.69, 9.17) is 0 Å². The molecule has 1 aliphatic rings. The number of β-amino-alcohol motifs (C(OH)–C–C–N with tert-alkyl or cyclic N) is 1. The zero-order chi connectivity index (χ0) is 10.9. The van der Waals surface area contributed by atoms with Crippen molar-refractivity contribution in [3.8, 4) is 5.75 Å². The SMILES string of the molecule is CN1CCCC(O)(c2ccc(O)cc2)C1. The van der Waals surface area contributed by atoms with E-state index in [1.807, 2.05) is 7.05 Å². The van der Waals surface area contributed by atoms with Crippen molar-refractivity contribution < 1.29 is 10.2 Å². The zero-order valence-electron chi connectivity index (χ0n) is 8.98. The standard InChI is InChI=1S/C12H17NO2/c1-13-8-2-7-12(15,9-13)10-3-5-11(14)6-4-10/h3-6,14-15H,2,7-9H2,1H3. The Balaban J connectivity index is 2.24. The van der Waals surface area contributed by atoms with E-state index in [2.05, 4.69) is 4.90 Å². The Morgan fingerprint density at radius 2 is 1.93 bits per heavy atom. The van der Waals surface area contributed by atoms with Crippen LogP contribution >= 0.6 is 0 Å². The van der Waals surface area contributed by atoms with Crippen molar-refractivity contribution in [2.75, 3.05) is 20.1 Å². The summed E-state index contributed by atoms with van der Waals surface area (Å²) in [6, 6.07) is 6.85. The van der Waals surface area contributed by atoms with E-state index in [1.54, 1.807) is 24.3 Å². The zero-order valence-corrected chi connectivity index (χ0v) is 8.98. The van der Waals surface area contributed by atoms with Crippen LogP contribution in [0.2, 0.25) is 0 Å². The summed E-state index contributed by atoms with van der Waals surface area (Å²) in [4.78, 5) is 2.14. The van der Waals surface area contributed by atoms with Gasteiger partial charge in [-0.15, -0.1) is 0 Å². The molecule has 0 amide bonds. The second kappa shape index (κ2) is 3.83. The summed E-state index contributed by atoms with van der Waals surface area (Å²) in [7, 11) is 2.02. The molecule has 1 saturated heterocycles. The molecule has 82 valence electrons. The van der Waals surface area contributed by atoms with Gasteiger partial charge in [-0.2, -0.15) is 0 Å². The van der Waals surface area contributed by atoms with Crippen LogP contribution in [0.5, 0.6) is 5.75 Å². The molecular weight excluding hydrogens is 190 g/mol. The van der Waals surface area contributed by atoms with Crippen molar-refractivity contribution in [1.82, 2.24) is 4.90 Å². The Bertz CT molecular complexity index is 336. The summed E-state index contributed by atoms with van der Waals surface area (Å²) >= 11 is 0. The normalized spacial score (nSPS) is 27.9. The molecule has 0 bridgehead atoms. The molecule has 1 aromatic carbocycles. The number of likely N-dealkylation sites (tertiary alicyclic amines) is 1. The first-order valence-electron chi connectivity index (χ1n) is 5.31. The van der Waals surface area contributed by atoms with Crippen molar-refractivity contribution in [3.63, 3.8) is 0 Å². The lowest BCUT2D eigenvalue weighted by Crippen LogP contribution is -2.44. The Hall–Kier alpha value is -1.06. The number of hydrogen-bond acceptors (Lipinski definition) is 3. The van der Waals surface area contributed by atoms with Crippen LogP contribution in [0, 0.1) is 0 Å². The number of piperidine rings is 1. The molecule has 1 aliphatic heterocycles. The summed E-state index contributed by atoms with van der Waals surface area (Å²) in [6.45, 7) is 1.71. The second-order valence-corrected chi connectivity index (χ2v) is 4.42. The van der Waals surface area contributed by atoms with E-state index in [0.717, 1.165) is 24.9 Å². The molecule has 2 rings (SSSR count). The van der Waals surface area contributed by atoms with Gasteiger partial charge in [-0.1, -0.05) is 12.1 Å². The third-order valence-corrected chi connectivity index (χ3v) is 3.07. The van der Waals surface area contributed by atoms with Gasteiger partial charge in [0, 0.05) is 6.54 Å². The first-order chi connectivity index (χ1) is 7.10. The highest BCUT2D eigenvalue weighted by Gasteiger charge is 2.33. The van der Waals surface area contributed by atoms with Crippen LogP contribution in [-0.4, -0.2) is 35.3 Å². The number of rotatable bonds is 1. The molecule has 2 N–H and O–H groups in total. The van der Waals surface area contributed by atoms with Crippen LogP contribution in [0.25, 0.3) is 0 Å². The highest BCUT2D eigenvalue weighted by molar-refractivity contribution is 5.30. The Kier molecular flexibility index (Phi) is 2.67. The first-order valence-corrected chi connectivity index (χ1v) is 5.31. The van der Waals surface area contributed by atoms with Gasteiger partial charge in [0.1, 0.15) is 11.4 Å². The number of likely N-dealkylation sites (N-methyl/N-ethyl adjacent to an activating group) is 1. The van der Waals surface area contributed by atoms with Crippen molar-refractivity contribution in [3.05, 3.63) is 29.8 Å². The van der Waals surface area contributed by atoms with Gasteiger partial charge in [-0.25, -0.2) is 0 Å².